The highest BCUT2D eigenvalue weighted by atomic mass is 28.2. The average Bonchev–Trinajstić information content (AvgIpc) is 1.68. The number of nitrogens with two attached hydrogens (primary N) is 1. The Morgan fingerprint density at radius 3 is 2.00 bits per heavy atom. The van der Waals surface area contributed by atoms with Gasteiger partial charge in [-0.25, -0.2) is 0 Å². The first kappa shape index (κ1) is 7.18. The predicted octanol–water partition coefficient (Wildman–Crippen LogP) is 0.637. The summed E-state index contributed by atoms with van der Waals surface area (Å²) in [5.74, 6) is 0. The van der Waals surface area contributed by atoms with Crippen LogP contribution in [0.4, 0.5) is 0 Å². The molecule has 1 nitrogen and oxygen atoms in total. The Hall–Kier alpha value is 0.177. The van der Waals surface area contributed by atoms with Gasteiger partial charge in [0.15, 0.2) is 0 Å². The molecule has 0 atom stereocenters. The van der Waals surface area contributed by atoms with Crippen molar-refractivity contribution in [1.29, 1.82) is 0 Å². The van der Waals surface area contributed by atoms with E-state index in [-0.39, 0.29) is 9.68 Å². The molecule has 0 aliphatic heterocycles. The van der Waals surface area contributed by atoms with Crippen LogP contribution in [0.3, 0.4) is 0 Å². The molecule has 0 aliphatic rings. The van der Waals surface area contributed by atoms with E-state index in [1.165, 1.54) is 6.42 Å². The highest BCUT2D eigenvalue weighted by Gasteiger charge is 2.11. The van der Waals surface area contributed by atoms with Crippen molar-refractivity contribution in [2.24, 2.45) is 5.40 Å². The van der Waals surface area contributed by atoms with Gasteiger partial charge in [-0.15, -0.1) is 0 Å². The first-order valence-electron chi connectivity index (χ1n) is 2.82. The first-order chi connectivity index (χ1) is 3.12. The van der Waals surface area contributed by atoms with E-state index < -0.39 is 0 Å². The maximum atomic E-state index is 5.56. The third kappa shape index (κ3) is 2.82. The maximum absolute atomic E-state index is 5.56. The van der Waals surface area contributed by atoms with Crippen LogP contribution in [-0.2, 0) is 0 Å². The zero-order chi connectivity index (χ0) is 5.91. The molecule has 0 amide bonds. The van der Waals surface area contributed by atoms with Crippen LogP contribution in [0.25, 0.3) is 0 Å². The third-order valence-electron chi connectivity index (χ3n) is 1.51. The minimum Gasteiger partial charge on any atom is -0.355 e. The van der Waals surface area contributed by atoms with Gasteiger partial charge in [0.25, 0.3) is 0 Å². The highest BCUT2D eigenvalue weighted by Crippen LogP contribution is 2.23. The maximum Gasteiger partial charge on any atom is 0.0945 e. The second kappa shape index (κ2) is 2.48. The van der Waals surface area contributed by atoms with Gasteiger partial charge in [0.05, 0.1) is 9.68 Å². The molecule has 7 heavy (non-hydrogen) atoms. The molecular weight excluding hydrogens is 102 g/mol. The highest BCUT2D eigenvalue weighted by molar-refractivity contribution is 6.35. The first-order valence-corrected chi connectivity index (χ1v) is 4.35. The van der Waals surface area contributed by atoms with Gasteiger partial charge in [-0.2, -0.15) is 0 Å². The smallest absolute Gasteiger partial charge is 0.0945 e. The van der Waals surface area contributed by atoms with Gasteiger partial charge in [0.1, 0.15) is 0 Å². The topological polar surface area (TPSA) is 26.0 Å². The van der Waals surface area contributed by atoms with Crippen molar-refractivity contribution in [1.82, 2.24) is 0 Å². The molecule has 0 bridgehead atoms. The molecule has 0 aromatic carbocycles. The van der Waals surface area contributed by atoms with Gasteiger partial charge in [0, 0.05) is 0 Å². The summed E-state index contributed by atoms with van der Waals surface area (Å²) in [4.78, 5) is 0. The van der Waals surface area contributed by atoms with Crippen LogP contribution < -0.4 is 5.40 Å². The molecule has 0 heterocycles. The SMILES string of the molecule is CCC(C)(C)[SiH2]N. The van der Waals surface area contributed by atoms with Crippen molar-refractivity contribution < 1.29 is 0 Å². The van der Waals surface area contributed by atoms with Gasteiger partial charge in [-0.3, -0.25) is 0 Å². The fourth-order valence-corrected chi connectivity index (χ4v) is 0.433. The van der Waals surface area contributed by atoms with E-state index >= 15 is 0 Å². The van der Waals surface area contributed by atoms with Crippen molar-refractivity contribution in [3.63, 3.8) is 0 Å². The summed E-state index contributed by atoms with van der Waals surface area (Å²) in [5.41, 5.74) is 0. The Kier molecular flexibility index (Phi) is 2.54. The zero-order valence-electron chi connectivity index (χ0n) is 5.49. The summed E-state index contributed by atoms with van der Waals surface area (Å²) < 4.78 is 0. The van der Waals surface area contributed by atoms with E-state index in [4.69, 9.17) is 5.40 Å². The van der Waals surface area contributed by atoms with E-state index in [0.717, 1.165) is 0 Å². The van der Waals surface area contributed by atoms with Crippen LogP contribution in [-0.4, -0.2) is 9.68 Å². The third-order valence-corrected chi connectivity index (χ3v) is 3.11. The van der Waals surface area contributed by atoms with Crippen molar-refractivity contribution in [2.45, 2.75) is 32.2 Å². The molecule has 0 aromatic rings. The van der Waals surface area contributed by atoms with Gasteiger partial charge in [-0.1, -0.05) is 27.2 Å². The summed E-state index contributed by atoms with van der Waals surface area (Å²) in [7, 11) is -0.258. The van der Waals surface area contributed by atoms with Crippen molar-refractivity contribution >= 4 is 9.68 Å². The molecule has 0 saturated carbocycles. The van der Waals surface area contributed by atoms with E-state index in [9.17, 15) is 0 Å². The molecule has 2 heteroatoms. The summed E-state index contributed by atoms with van der Waals surface area (Å²) >= 11 is 0. The lowest BCUT2D eigenvalue weighted by Crippen LogP contribution is -2.20. The average molecular weight is 117 g/mol. The van der Waals surface area contributed by atoms with E-state index in [1.54, 1.807) is 0 Å². The van der Waals surface area contributed by atoms with E-state index in [1.807, 2.05) is 0 Å². The Balaban J connectivity index is 3.36. The van der Waals surface area contributed by atoms with Crippen LogP contribution in [0, 0.1) is 0 Å². The standard InChI is InChI=1S/C5H15NSi/c1-4-5(2,3)7-6/h4,6-7H2,1-3H3. The lowest BCUT2D eigenvalue weighted by molar-refractivity contribution is 0.642. The number of hydrogen-bond acceptors (Lipinski definition) is 1. The Morgan fingerprint density at radius 2 is 2.00 bits per heavy atom. The molecule has 0 saturated heterocycles. The van der Waals surface area contributed by atoms with Crippen molar-refractivity contribution in [3.8, 4) is 0 Å². The molecule has 0 radical (unpaired) electrons. The fourth-order valence-electron chi connectivity index (χ4n) is 0.144. The predicted molar refractivity (Wildman–Crippen MR) is 37.1 cm³/mol. The molecule has 0 unspecified atom stereocenters. The number of hydrogen-bond donors (Lipinski definition) is 1. The normalized spacial score (nSPS) is 13.7. The fraction of sp³-hybridized carbons (Fsp3) is 1.00. The monoisotopic (exact) mass is 117 g/mol. The summed E-state index contributed by atoms with van der Waals surface area (Å²) in [6.07, 6.45) is 1.23. The van der Waals surface area contributed by atoms with Gasteiger partial charge in [0.2, 0.25) is 0 Å². The van der Waals surface area contributed by atoms with Crippen LogP contribution in [0.2, 0.25) is 5.04 Å². The van der Waals surface area contributed by atoms with Crippen molar-refractivity contribution in [2.75, 3.05) is 0 Å². The van der Waals surface area contributed by atoms with Crippen molar-refractivity contribution in [3.05, 3.63) is 0 Å². The molecule has 0 aliphatic carbocycles. The quantitative estimate of drug-likeness (QED) is 0.528. The van der Waals surface area contributed by atoms with Gasteiger partial charge >= 0.3 is 0 Å². The van der Waals surface area contributed by atoms with Gasteiger partial charge < -0.3 is 5.40 Å². The van der Waals surface area contributed by atoms with Crippen LogP contribution >= 0.6 is 0 Å². The second-order valence-electron chi connectivity index (χ2n) is 2.72. The molecule has 0 fully saturated rings. The molecule has 2 N–H and O–H groups in total. The Labute approximate surface area is 48.2 Å². The molecule has 0 aromatic heterocycles. The molecule has 44 valence electrons. The minimum atomic E-state index is -0.258. The molecule has 0 spiro atoms. The van der Waals surface area contributed by atoms with E-state index in [0.29, 0.717) is 5.04 Å². The largest absolute Gasteiger partial charge is 0.355 e. The van der Waals surface area contributed by atoms with Gasteiger partial charge in [-0.05, 0) is 5.04 Å². The Morgan fingerprint density at radius 1 is 1.57 bits per heavy atom. The molecule has 0 rings (SSSR count). The number of rotatable bonds is 2. The minimum absolute atomic E-state index is 0.258. The van der Waals surface area contributed by atoms with Crippen LogP contribution in [0.1, 0.15) is 27.2 Å². The van der Waals surface area contributed by atoms with Crippen LogP contribution in [0.5, 0.6) is 0 Å². The van der Waals surface area contributed by atoms with Crippen LogP contribution in [0.15, 0.2) is 0 Å². The summed E-state index contributed by atoms with van der Waals surface area (Å²) in [5, 5.41) is 6.06. The molecular formula is C5H15NSi. The Bertz CT molecular complexity index is 46.0. The summed E-state index contributed by atoms with van der Waals surface area (Å²) in [6, 6.07) is 0. The lowest BCUT2D eigenvalue weighted by Gasteiger charge is -2.17. The summed E-state index contributed by atoms with van der Waals surface area (Å²) in [6.45, 7) is 6.66. The lowest BCUT2D eigenvalue weighted by atomic mass is 10.1. The zero-order valence-corrected chi connectivity index (χ0v) is 6.91. The second-order valence-corrected chi connectivity index (χ2v) is 5.04. The van der Waals surface area contributed by atoms with E-state index in [2.05, 4.69) is 20.8 Å².